The summed E-state index contributed by atoms with van der Waals surface area (Å²) < 4.78 is 32.2. The van der Waals surface area contributed by atoms with Crippen LogP contribution in [0.1, 0.15) is 23.9 Å². The number of hydrogen-bond acceptors (Lipinski definition) is 5. The fourth-order valence-corrected chi connectivity index (χ4v) is 4.07. The molecule has 1 N–H and O–H groups in total. The molecule has 0 spiro atoms. The number of rotatable bonds is 6. The Morgan fingerprint density at radius 1 is 1.32 bits per heavy atom. The average Bonchev–Trinajstić information content (AvgIpc) is 2.86. The second-order valence-corrected chi connectivity index (χ2v) is 7.72. The number of carbonyl (C=O) groups excluding carboxylic acids is 1. The Hall–Kier alpha value is -1.90. The molecule has 0 fully saturated rings. The van der Waals surface area contributed by atoms with Crippen molar-refractivity contribution in [3.8, 4) is 0 Å². The van der Waals surface area contributed by atoms with Crippen molar-refractivity contribution in [2.75, 3.05) is 18.0 Å². The maximum atomic E-state index is 12.4. The lowest BCUT2D eigenvalue weighted by Crippen LogP contribution is -2.38. The van der Waals surface area contributed by atoms with E-state index in [0.717, 1.165) is 5.56 Å². The normalized spacial score (nSPS) is 11.6. The van der Waals surface area contributed by atoms with Crippen LogP contribution >= 0.6 is 11.6 Å². The number of carbonyl (C=O) groups is 1. The SMILES string of the molecule is CC(=O)N(CCNS(=O)(=O)c1c(C)noc1C)c1cccc(Cl)c1C. The summed E-state index contributed by atoms with van der Waals surface area (Å²) in [5.41, 5.74) is 1.70. The number of halogens is 1. The van der Waals surface area contributed by atoms with E-state index in [9.17, 15) is 13.2 Å². The molecule has 0 bridgehead atoms. The van der Waals surface area contributed by atoms with Crippen LogP contribution in [0.3, 0.4) is 0 Å². The van der Waals surface area contributed by atoms with Gasteiger partial charge >= 0.3 is 0 Å². The molecule has 0 aliphatic heterocycles. The van der Waals surface area contributed by atoms with Gasteiger partial charge in [-0.3, -0.25) is 4.79 Å². The zero-order chi connectivity index (χ0) is 18.8. The fourth-order valence-electron chi connectivity index (χ4n) is 2.56. The van der Waals surface area contributed by atoms with Crippen molar-refractivity contribution in [2.24, 2.45) is 0 Å². The van der Waals surface area contributed by atoms with Gasteiger partial charge in [-0.25, -0.2) is 13.1 Å². The predicted molar refractivity (Wildman–Crippen MR) is 95.4 cm³/mol. The molecule has 0 saturated heterocycles. The number of hydrogen-bond donors (Lipinski definition) is 1. The Morgan fingerprint density at radius 2 is 2.00 bits per heavy atom. The van der Waals surface area contributed by atoms with Gasteiger partial charge in [-0.2, -0.15) is 0 Å². The second-order valence-electron chi connectivity index (χ2n) is 5.61. The van der Waals surface area contributed by atoms with Crippen LogP contribution in [-0.2, 0) is 14.8 Å². The van der Waals surface area contributed by atoms with Crippen LogP contribution in [0.15, 0.2) is 27.6 Å². The van der Waals surface area contributed by atoms with Crippen LogP contribution in [0.25, 0.3) is 0 Å². The lowest BCUT2D eigenvalue weighted by Gasteiger charge is -2.23. The van der Waals surface area contributed by atoms with Crippen molar-refractivity contribution < 1.29 is 17.7 Å². The minimum absolute atomic E-state index is 0.0285. The van der Waals surface area contributed by atoms with Gasteiger partial charge in [0.2, 0.25) is 15.9 Å². The summed E-state index contributed by atoms with van der Waals surface area (Å²) in [6.07, 6.45) is 0. The number of nitrogens with zero attached hydrogens (tertiary/aromatic N) is 2. The summed E-state index contributed by atoms with van der Waals surface area (Å²) in [6, 6.07) is 5.25. The third kappa shape index (κ3) is 4.20. The minimum Gasteiger partial charge on any atom is -0.360 e. The van der Waals surface area contributed by atoms with Crippen LogP contribution in [0.2, 0.25) is 5.02 Å². The summed E-state index contributed by atoms with van der Waals surface area (Å²) in [5.74, 6) is 0.0148. The number of aryl methyl sites for hydroxylation is 2. The van der Waals surface area contributed by atoms with Gasteiger partial charge in [0.1, 0.15) is 10.6 Å². The highest BCUT2D eigenvalue weighted by molar-refractivity contribution is 7.89. The molecule has 0 aliphatic rings. The topological polar surface area (TPSA) is 92.5 Å². The molecule has 1 aromatic carbocycles. The quantitative estimate of drug-likeness (QED) is 0.824. The van der Waals surface area contributed by atoms with Crippen LogP contribution in [0.4, 0.5) is 5.69 Å². The highest BCUT2D eigenvalue weighted by Crippen LogP contribution is 2.26. The minimum atomic E-state index is -3.77. The molecule has 1 aromatic heterocycles. The summed E-state index contributed by atoms with van der Waals surface area (Å²) in [4.78, 5) is 13.5. The Kier molecular flexibility index (Phi) is 5.87. The van der Waals surface area contributed by atoms with Crippen molar-refractivity contribution in [1.29, 1.82) is 0 Å². The Bertz CT molecular complexity index is 873. The first-order valence-electron chi connectivity index (χ1n) is 7.61. The van der Waals surface area contributed by atoms with Gasteiger partial charge in [-0.05, 0) is 38.5 Å². The monoisotopic (exact) mass is 385 g/mol. The standard InChI is InChI=1S/C16H20ClN3O4S/c1-10-14(17)6-5-7-15(10)20(13(4)21)9-8-18-25(22,23)16-11(2)19-24-12(16)3/h5-7,18H,8-9H2,1-4H3. The number of sulfonamides is 1. The van der Waals surface area contributed by atoms with E-state index in [-0.39, 0.29) is 29.7 Å². The number of nitrogens with one attached hydrogen (secondary N) is 1. The van der Waals surface area contributed by atoms with Crippen molar-refractivity contribution >= 4 is 33.2 Å². The zero-order valence-corrected chi connectivity index (χ0v) is 16.0. The van der Waals surface area contributed by atoms with Crippen molar-refractivity contribution in [1.82, 2.24) is 9.88 Å². The van der Waals surface area contributed by atoms with E-state index in [4.69, 9.17) is 16.1 Å². The largest absolute Gasteiger partial charge is 0.360 e. The third-order valence-corrected chi connectivity index (χ3v) is 5.89. The number of amides is 1. The lowest BCUT2D eigenvalue weighted by atomic mass is 10.1. The van der Waals surface area contributed by atoms with Crippen molar-refractivity contribution in [3.63, 3.8) is 0 Å². The molecule has 0 atom stereocenters. The van der Waals surface area contributed by atoms with Crippen LogP contribution in [-0.4, -0.2) is 32.6 Å². The first-order valence-corrected chi connectivity index (χ1v) is 9.47. The van der Waals surface area contributed by atoms with Gasteiger partial charge in [-0.15, -0.1) is 0 Å². The van der Waals surface area contributed by atoms with Gasteiger partial charge in [0.05, 0.1) is 0 Å². The summed E-state index contributed by atoms with van der Waals surface area (Å²) in [5, 5.41) is 4.19. The molecule has 136 valence electrons. The van der Waals surface area contributed by atoms with Crippen LogP contribution in [0.5, 0.6) is 0 Å². The molecule has 9 heteroatoms. The lowest BCUT2D eigenvalue weighted by molar-refractivity contribution is -0.116. The van der Waals surface area contributed by atoms with E-state index in [2.05, 4.69) is 9.88 Å². The molecule has 0 saturated carbocycles. The molecule has 0 unspecified atom stereocenters. The molecule has 2 rings (SSSR count). The predicted octanol–water partition coefficient (Wildman–Crippen LogP) is 2.58. The molecule has 1 amide bonds. The van der Waals surface area contributed by atoms with Gasteiger partial charge in [0.25, 0.3) is 0 Å². The average molecular weight is 386 g/mol. The first kappa shape index (κ1) is 19.4. The summed E-state index contributed by atoms with van der Waals surface area (Å²) >= 11 is 6.10. The number of benzene rings is 1. The van der Waals surface area contributed by atoms with Gasteiger partial charge in [0.15, 0.2) is 5.76 Å². The van der Waals surface area contributed by atoms with Crippen molar-refractivity contribution in [2.45, 2.75) is 32.6 Å². The van der Waals surface area contributed by atoms with E-state index in [0.29, 0.717) is 16.4 Å². The van der Waals surface area contributed by atoms with Gasteiger partial charge in [-0.1, -0.05) is 22.8 Å². The smallest absolute Gasteiger partial charge is 0.246 e. The molecule has 1 heterocycles. The molecule has 0 radical (unpaired) electrons. The Labute approximate surface area is 152 Å². The van der Waals surface area contributed by atoms with E-state index in [1.807, 2.05) is 6.92 Å². The van der Waals surface area contributed by atoms with Gasteiger partial charge in [0, 0.05) is 30.7 Å². The highest BCUT2D eigenvalue weighted by Gasteiger charge is 2.24. The van der Waals surface area contributed by atoms with E-state index < -0.39 is 10.0 Å². The highest BCUT2D eigenvalue weighted by atomic mass is 35.5. The summed E-state index contributed by atoms with van der Waals surface area (Å²) in [6.45, 7) is 6.52. The molecule has 7 nitrogen and oxygen atoms in total. The molecular formula is C16H20ClN3O4S. The maximum absolute atomic E-state index is 12.4. The van der Waals surface area contributed by atoms with E-state index >= 15 is 0 Å². The molecule has 0 aliphatic carbocycles. The molecular weight excluding hydrogens is 366 g/mol. The van der Waals surface area contributed by atoms with Crippen LogP contribution in [0, 0.1) is 20.8 Å². The Morgan fingerprint density at radius 3 is 2.56 bits per heavy atom. The first-order chi connectivity index (χ1) is 11.6. The Balaban J connectivity index is 2.15. The number of aromatic nitrogens is 1. The van der Waals surface area contributed by atoms with Crippen molar-refractivity contribution in [3.05, 3.63) is 40.2 Å². The molecule has 25 heavy (non-hydrogen) atoms. The summed E-state index contributed by atoms with van der Waals surface area (Å²) in [7, 11) is -3.77. The molecule has 2 aromatic rings. The van der Waals surface area contributed by atoms with Crippen LogP contribution < -0.4 is 9.62 Å². The third-order valence-electron chi connectivity index (χ3n) is 3.77. The zero-order valence-electron chi connectivity index (χ0n) is 14.5. The van der Waals surface area contributed by atoms with E-state index in [1.165, 1.54) is 18.7 Å². The van der Waals surface area contributed by atoms with Gasteiger partial charge < -0.3 is 9.42 Å². The van der Waals surface area contributed by atoms with E-state index in [1.54, 1.807) is 25.1 Å². The maximum Gasteiger partial charge on any atom is 0.246 e. The second kappa shape index (κ2) is 7.55. The number of anilines is 1. The fraction of sp³-hybridized carbons (Fsp3) is 0.375.